The van der Waals surface area contributed by atoms with Crippen LogP contribution in [0.5, 0.6) is 5.75 Å². The van der Waals surface area contributed by atoms with E-state index < -0.39 is 17.8 Å². The zero-order valence-electron chi connectivity index (χ0n) is 18.7. The molecule has 6 nitrogen and oxygen atoms in total. The van der Waals surface area contributed by atoms with Gasteiger partial charge in [-0.15, -0.1) is 0 Å². The van der Waals surface area contributed by atoms with E-state index in [1.807, 2.05) is 19.9 Å². The molecular weight excluding hydrogens is 539 g/mol. The highest BCUT2D eigenvalue weighted by Gasteiger charge is 2.37. The molecule has 1 heterocycles. The van der Waals surface area contributed by atoms with Crippen LogP contribution in [0.2, 0.25) is 5.02 Å². The van der Waals surface area contributed by atoms with Crippen LogP contribution in [0, 0.1) is 19.7 Å². The third kappa shape index (κ3) is 5.44. The van der Waals surface area contributed by atoms with Crippen molar-refractivity contribution >= 4 is 57.1 Å². The number of ether oxygens (including phenoxy) is 1. The van der Waals surface area contributed by atoms with Crippen LogP contribution in [-0.2, 0) is 16.2 Å². The van der Waals surface area contributed by atoms with Crippen molar-refractivity contribution in [2.75, 3.05) is 4.90 Å². The van der Waals surface area contributed by atoms with Crippen LogP contribution < -0.4 is 15.0 Å². The van der Waals surface area contributed by atoms with Gasteiger partial charge in [-0.25, -0.2) is 14.1 Å². The first-order valence-corrected chi connectivity index (χ1v) is 11.7. The van der Waals surface area contributed by atoms with Crippen molar-refractivity contribution in [2.45, 2.75) is 20.5 Å². The Balaban J connectivity index is 1.62. The lowest BCUT2D eigenvalue weighted by molar-refractivity contribution is -0.122. The fourth-order valence-corrected chi connectivity index (χ4v) is 4.71. The Morgan fingerprint density at radius 2 is 1.77 bits per heavy atom. The molecule has 0 unspecified atom stereocenters. The van der Waals surface area contributed by atoms with Gasteiger partial charge in [-0.1, -0.05) is 29.8 Å². The van der Waals surface area contributed by atoms with E-state index in [-0.39, 0.29) is 23.0 Å². The van der Waals surface area contributed by atoms with Gasteiger partial charge in [0.15, 0.2) is 5.75 Å². The molecule has 178 valence electrons. The minimum atomic E-state index is -0.817. The quantitative estimate of drug-likeness (QED) is 0.304. The van der Waals surface area contributed by atoms with Crippen LogP contribution in [0.25, 0.3) is 6.08 Å². The van der Waals surface area contributed by atoms with Gasteiger partial charge in [0.25, 0.3) is 11.8 Å². The molecule has 0 aliphatic carbocycles. The molecule has 0 spiro atoms. The molecule has 0 bridgehead atoms. The molecule has 0 radical (unpaired) electrons. The number of hydrogen-bond donors (Lipinski definition) is 1. The molecule has 1 saturated heterocycles. The maximum Gasteiger partial charge on any atom is 0.335 e. The summed E-state index contributed by atoms with van der Waals surface area (Å²) in [6, 6.07) is 13.6. The molecule has 0 aromatic heterocycles. The molecule has 1 fully saturated rings. The predicted molar refractivity (Wildman–Crippen MR) is 135 cm³/mol. The van der Waals surface area contributed by atoms with Crippen molar-refractivity contribution < 1.29 is 23.5 Å². The summed E-state index contributed by atoms with van der Waals surface area (Å²) in [7, 11) is 0. The molecule has 1 N–H and O–H groups in total. The van der Waals surface area contributed by atoms with Crippen LogP contribution in [0.4, 0.5) is 14.9 Å². The van der Waals surface area contributed by atoms with Gasteiger partial charge in [-0.05, 0) is 94.5 Å². The van der Waals surface area contributed by atoms with E-state index in [9.17, 15) is 18.8 Å². The van der Waals surface area contributed by atoms with E-state index in [1.54, 1.807) is 30.3 Å². The first-order chi connectivity index (χ1) is 16.6. The molecule has 3 aromatic rings. The highest BCUT2D eigenvalue weighted by Crippen LogP contribution is 2.36. The maximum absolute atomic E-state index is 13.4. The number of benzene rings is 3. The summed E-state index contributed by atoms with van der Waals surface area (Å²) >= 11 is 9.79. The van der Waals surface area contributed by atoms with Crippen molar-refractivity contribution in [3.8, 4) is 5.75 Å². The Labute approximate surface area is 214 Å². The average molecular weight is 558 g/mol. The number of carbonyl (C=O) groups is 3. The minimum Gasteiger partial charge on any atom is -0.486 e. The number of urea groups is 1. The van der Waals surface area contributed by atoms with Gasteiger partial charge in [0.05, 0.1) is 15.2 Å². The zero-order valence-corrected chi connectivity index (χ0v) is 21.0. The normalized spacial score (nSPS) is 14.9. The van der Waals surface area contributed by atoms with E-state index in [2.05, 4.69) is 21.2 Å². The lowest BCUT2D eigenvalue weighted by Crippen LogP contribution is -2.54. The maximum atomic E-state index is 13.4. The van der Waals surface area contributed by atoms with Gasteiger partial charge < -0.3 is 4.74 Å². The number of barbiturate groups is 1. The molecule has 1 aliphatic heterocycles. The Hall–Kier alpha value is -3.49. The number of carbonyl (C=O) groups excluding carboxylic acids is 3. The first kappa shape index (κ1) is 24.6. The van der Waals surface area contributed by atoms with Gasteiger partial charge in [0.1, 0.15) is 18.0 Å². The molecule has 35 heavy (non-hydrogen) atoms. The van der Waals surface area contributed by atoms with Gasteiger partial charge in [0, 0.05) is 0 Å². The Bertz CT molecular complexity index is 1360. The number of imide groups is 2. The Morgan fingerprint density at radius 3 is 2.43 bits per heavy atom. The van der Waals surface area contributed by atoms with Gasteiger partial charge in [0.2, 0.25) is 0 Å². The van der Waals surface area contributed by atoms with E-state index in [4.69, 9.17) is 16.3 Å². The number of amides is 4. The highest BCUT2D eigenvalue weighted by molar-refractivity contribution is 9.10. The van der Waals surface area contributed by atoms with Crippen molar-refractivity contribution in [3.63, 3.8) is 0 Å². The Morgan fingerprint density at radius 1 is 1.06 bits per heavy atom. The Kier molecular flexibility index (Phi) is 7.05. The number of rotatable bonds is 5. The summed E-state index contributed by atoms with van der Waals surface area (Å²) in [6.07, 6.45) is 1.35. The minimum absolute atomic E-state index is 0.0877. The molecule has 3 aromatic carbocycles. The number of anilines is 1. The van der Waals surface area contributed by atoms with Gasteiger partial charge in [-0.3, -0.25) is 14.9 Å². The van der Waals surface area contributed by atoms with Crippen LogP contribution >= 0.6 is 27.5 Å². The SMILES string of the molecule is Cc1cc(C)cc(N2C(=O)NC(=O)/C(=C\c3cc(Cl)c(OCc4cccc(F)c4)c(Br)c3)C2=O)c1. The number of nitrogens with one attached hydrogen (secondary N) is 1. The number of nitrogens with zero attached hydrogens (tertiary/aromatic N) is 1. The van der Waals surface area contributed by atoms with Crippen LogP contribution in [0.1, 0.15) is 22.3 Å². The van der Waals surface area contributed by atoms with Crippen LogP contribution in [0.3, 0.4) is 0 Å². The second-order valence-corrected chi connectivity index (χ2v) is 9.30. The van der Waals surface area contributed by atoms with Crippen molar-refractivity contribution in [3.05, 3.63) is 97.7 Å². The largest absolute Gasteiger partial charge is 0.486 e. The van der Waals surface area contributed by atoms with Gasteiger partial charge >= 0.3 is 6.03 Å². The summed E-state index contributed by atoms with van der Waals surface area (Å²) in [5.74, 6) is -1.60. The zero-order chi connectivity index (χ0) is 25.3. The monoisotopic (exact) mass is 556 g/mol. The lowest BCUT2D eigenvalue weighted by atomic mass is 10.1. The van der Waals surface area contributed by atoms with Gasteiger partial charge in [-0.2, -0.15) is 0 Å². The summed E-state index contributed by atoms with van der Waals surface area (Å²) in [5.41, 5.74) is 2.94. The third-order valence-electron chi connectivity index (χ3n) is 5.17. The third-order valence-corrected chi connectivity index (χ3v) is 6.04. The van der Waals surface area contributed by atoms with E-state index in [0.29, 0.717) is 27.0 Å². The van der Waals surface area contributed by atoms with E-state index in [0.717, 1.165) is 16.0 Å². The average Bonchev–Trinajstić information content (AvgIpc) is 2.75. The number of halogens is 3. The number of hydrogen-bond acceptors (Lipinski definition) is 4. The fourth-order valence-electron chi connectivity index (χ4n) is 3.72. The highest BCUT2D eigenvalue weighted by atomic mass is 79.9. The second kappa shape index (κ2) is 10.0. The molecule has 4 amide bonds. The van der Waals surface area contributed by atoms with Crippen molar-refractivity contribution in [1.82, 2.24) is 5.32 Å². The molecule has 0 saturated carbocycles. The fraction of sp³-hybridized carbons (Fsp3) is 0.115. The molecule has 1 aliphatic rings. The summed E-state index contributed by atoms with van der Waals surface area (Å²) < 4.78 is 19.6. The second-order valence-electron chi connectivity index (χ2n) is 8.04. The van der Waals surface area contributed by atoms with Crippen LogP contribution in [0.15, 0.2) is 64.6 Å². The first-order valence-electron chi connectivity index (χ1n) is 10.5. The number of aryl methyl sites for hydroxylation is 2. The lowest BCUT2D eigenvalue weighted by Gasteiger charge is -2.27. The van der Waals surface area contributed by atoms with Crippen molar-refractivity contribution in [1.29, 1.82) is 0 Å². The summed E-state index contributed by atoms with van der Waals surface area (Å²) in [6.45, 7) is 3.79. The predicted octanol–water partition coefficient (Wildman–Crippen LogP) is 6.10. The molecule has 0 atom stereocenters. The van der Waals surface area contributed by atoms with Crippen LogP contribution in [-0.4, -0.2) is 17.8 Å². The smallest absolute Gasteiger partial charge is 0.335 e. The molecule has 4 rings (SSSR count). The summed E-state index contributed by atoms with van der Waals surface area (Å²) in [5, 5.41) is 2.43. The van der Waals surface area contributed by atoms with E-state index >= 15 is 0 Å². The summed E-state index contributed by atoms with van der Waals surface area (Å²) in [4.78, 5) is 39.1. The topological polar surface area (TPSA) is 75.7 Å². The van der Waals surface area contributed by atoms with Crippen molar-refractivity contribution in [2.24, 2.45) is 0 Å². The standard InChI is InChI=1S/C26H19BrClFN2O4/c1-14-6-15(2)8-19(7-14)31-25(33)20(24(32)30-26(31)34)10-17-11-21(27)23(22(28)12-17)35-13-16-4-3-5-18(29)9-16/h3-12H,13H2,1-2H3,(H,30,32,34)/b20-10+. The molecule has 9 heteroatoms. The molecular formula is C26H19BrClFN2O4. The van der Waals surface area contributed by atoms with E-state index in [1.165, 1.54) is 24.3 Å².